The van der Waals surface area contributed by atoms with E-state index in [0.717, 1.165) is 17.6 Å². The van der Waals surface area contributed by atoms with Crippen molar-refractivity contribution in [2.75, 3.05) is 11.9 Å². The summed E-state index contributed by atoms with van der Waals surface area (Å²) in [5.41, 5.74) is -0.490. The summed E-state index contributed by atoms with van der Waals surface area (Å²) in [6.07, 6.45) is 2.06. The number of rotatable bonds is 6. The molecule has 7 heteroatoms. The van der Waals surface area contributed by atoms with Crippen molar-refractivity contribution in [3.05, 3.63) is 77.4 Å². The van der Waals surface area contributed by atoms with Crippen molar-refractivity contribution in [2.24, 2.45) is 11.3 Å². The zero-order valence-electron chi connectivity index (χ0n) is 17.0. The van der Waals surface area contributed by atoms with Crippen LogP contribution >= 0.6 is 9.24 Å². The van der Waals surface area contributed by atoms with Crippen molar-refractivity contribution in [2.45, 2.75) is 31.3 Å². The molecule has 2 aromatic carbocycles. The minimum atomic E-state index is -3.03. The van der Waals surface area contributed by atoms with E-state index in [1.165, 1.54) is 27.4 Å². The highest BCUT2D eigenvalue weighted by molar-refractivity contribution is 7.17. The number of nitrogens with one attached hydrogen (secondary N) is 1. The molecule has 2 fully saturated rings. The molecule has 4 rings (SSSR count). The molecule has 4 nitrogen and oxygen atoms in total. The number of allylic oxidation sites excluding steroid dienone is 1. The number of carbonyl (C=O) groups is 2. The molecular formula is C24H24F2NO3P. The van der Waals surface area contributed by atoms with Gasteiger partial charge in [-0.05, 0) is 48.6 Å². The van der Waals surface area contributed by atoms with Gasteiger partial charge in [0.25, 0.3) is 5.66 Å². The Kier molecular flexibility index (Phi) is 5.69. The first-order valence-corrected chi connectivity index (χ1v) is 10.7. The van der Waals surface area contributed by atoms with E-state index in [-0.39, 0.29) is 29.8 Å². The first-order chi connectivity index (χ1) is 14.7. The highest BCUT2D eigenvalue weighted by atomic mass is 31.0. The van der Waals surface area contributed by atoms with Crippen LogP contribution in [-0.2, 0) is 32.8 Å². The summed E-state index contributed by atoms with van der Waals surface area (Å²) in [5.74, 6) is -0.259. The van der Waals surface area contributed by atoms with Crippen LogP contribution in [0, 0.1) is 11.3 Å². The molecule has 1 saturated carbocycles. The van der Waals surface area contributed by atoms with Crippen molar-refractivity contribution in [1.82, 2.24) is 0 Å². The largest absolute Gasteiger partial charge is 0.465 e. The van der Waals surface area contributed by atoms with Crippen LogP contribution in [0.25, 0.3) is 0 Å². The number of ether oxygens (including phenoxy) is 1. The maximum atomic E-state index is 13.5. The van der Waals surface area contributed by atoms with Crippen LogP contribution < -0.4 is 5.32 Å². The molecule has 1 amide bonds. The van der Waals surface area contributed by atoms with Crippen molar-refractivity contribution >= 4 is 26.8 Å². The zero-order valence-corrected chi connectivity index (χ0v) is 18.2. The first-order valence-electron chi connectivity index (χ1n) is 10.1. The third kappa shape index (κ3) is 4.54. The molecular weight excluding hydrogens is 419 g/mol. The minimum absolute atomic E-state index is 0.00488. The second-order valence-electron chi connectivity index (χ2n) is 8.50. The number of esters is 1. The van der Waals surface area contributed by atoms with Crippen molar-refractivity contribution in [3.63, 3.8) is 0 Å². The molecule has 1 aliphatic heterocycles. The van der Waals surface area contributed by atoms with E-state index < -0.39 is 11.1 Å². The Labute approximate surface area is 182 Å². The highest BCUT2D eigenvalue weighted by Crippen LogP contribution is 2.52. The van der Waals surface area contributed by atoms with Crippen molar-refractivity contribution < 1.29 is 23.1 Å². The van der Waals surface area contributed by atoms with Gasteiger partial charge in [-0.25, -0.2) is 0 Å². The number of hydrogen-bond donors (Lipinski definition) is 1. The van der Waals surface area contributed by atoms with Gasteiger partial charge in [-0.15, -0.1) is 0 Å². The molecule has 1 heterocycles. The van der Waals surface area contributed by atoms with Gasteiger partial charge in [-0.2, -0.15) is 8.78 Å². The summed E-state index contributed by atoms with van der Waals surface area (Å²) in [6.45, 7) is 4.51. The van der Waals surface area contributed by atoms with E-state index in [2.05, 4.69) is 11.9 Å². The van der Waals surface area contributed by atoms with Gasteiger partial charge < -0.3 is 10.1 Å². The number of alkyl halides is 2. The van der Waals surface area contributed by atoms with Crippen molar-refractivity contribution in [3.8, 4) is 0 Å². The fourth-order valence-electron chi connectivity index (χ4n) is 4.61. The molecule has 1 aliphatic carbocycles. The van der Waals surface area contributed by atoms with Crippen LogP contribution in [0.5, 0.6) is 0 Å². The van der Waals surface area contributed by atoms with Crippen LogP contribution in [0.15, 0.2) is 60.7 Å². The third-order valence-electron chi connectivity index (χ3n) is 6.14. The third-order valence-corrected chi connectivity index (χ3v) is 6.47. The van der Waals surface area contributed by atoms with Gasteiger partial charge in [-0.3, -0.25) is 9.59 Å². The Morgan fingerprint density at radius 2 is 1.97 bits per heavy atom. The fourth-order valence-corrected chi connectivity index (χ4v) is 4.79. The molecule has 0 bridgehead atoms. The lowest BCUT2D eigenvalue weighted by Crippen LogP contribution is -2.31. The highest BCUT2D eigenvalue weighted by Gasteiger charge is 2.55. The Hall–Kier alpha value is -2.59. The molecule has 3 atom stereocenters. The summed E-state index contributed by atoms with van der Waals surface area (Å²) < 4.78 is 32.2. The number of anilines is 1. The standard InChI is InChI=1S/C24H24F2NO3P/c1-15-9-19-14-30-22(29)23(19,12-15)13-16-5-7-20(8-6-16)27-21(28)11-17-3-2-4-18(10-17)24(25,26)31/h2-8,10,19H,1,9,11-14,31H2,(H,27,28). The predicted molar refractivity (Wildman–Crippen MR) is 118 cm³/mol. The first kappa shape index (κ1) is 21.6. The number of fused-ring (bicyclic) bond motifs is 1. The molecule has 1 saturated heterocycles. The summed E-state index contributed by atoms with van der Waals surface area (Å²) in [4.78, 5) is 24.8. The number of carbonyl (C=O) groups excluding carboxylic acids is 2. The normalized spacial score (nSPS) is 22.9. The lowest BCUT2D eigenvalue weighted by Gasteiger charge is -2.24. The molecule has 2 aliphatic rings. The fraction of sp³-hybridized carbons (Fsp3) is 0.333. The Morgan fingerprint density at radius 3 is 2.68 bits per heavy atom. The van der Waals surface area contributed by atoms with E-state index >= 15 is 0 Å². The maximum Gasteiger partial charge on any atom is 0.313 e. The van der Waals surface area contributed by atoms with Gasteiger partial charge in [0.05, 0.1) is 18.4 Å². The van der Waals surface area contributed by atoms with Gasteiger partial charge in [0, 0.05) is 17.2 Å². The molecule has 3 unspecified atom stereocenters. The molecule has 0 radical (unpaired) electrons. The average Bonchev–Trinajstić information content (AvgIpc) is 3.17. The summed E-state index contributed by atoms with van der Waals surface area (Å²) >= 11 is 0. The number of amides is 1. The Bertz CT molecular complexity index is 1030. The minimum Gasteiger partial charge on any atom is -0.465 e. The van der Waals surface area contributed by atoms with Crippen LogP contribution in [-0.4, -0.2) is 18.5 Å². The second-order valence-corrected chi connectivity index (χ2v) is 9.23. The number of cyclic esters (lactones) is 1. The molecule has 31 heavy (non-hydrogen) atoms. The van der Waals surface area contributed by atoms with E-state index in [9.17, 15) is 18.4 Å². The van der Waals surface area contributed by atoms with Crippen molar-refractivity contribution in [1.29, 1.82) is 0 Å². The van der Waals surface area contributed by atoms with Crippen LogP contribution in [0.1, 0.15) is 29.5 Å². The molecule has 162 valence electrons. The lowest BCUT2D eigenvalue weighted by molar-refractivity contribution is -0.146. The molecule has 1 N–H and O–H groups in total. The van der Waals surface area contributed by atoms with E-state index in [1.807, 2.05) is 12.1 Å². The summed E-state index contributed by atoms with van der Waals surface area (Å²) in [6, 6.07) is 13.2. The van der Waals surface area contributed by atoms with E-state index in [0.29, 0.717) is 30.7 Å². The van der Waals surface area contributed by atoms with Crippen LogP contribution in [0.3, 0.4) is 0 Å². The van der Waals surface area contributed by atoms with Gasteiger partial charge in [0.15, 0.2) is 0 Å². The van der Waals surface area contributed by atoms with E-state index in [1.54, 1.807) is 18.2 Å². The second kappa shape index (κ2) is 8.16. The van der Waals surface area contributed by atoms with Crippen LogP contribution in [0.2, 0.25) is 0 Å². The number of benzene rings is 2. The maximum absolute atomic E-state index is 13.5. The van der Waals surface area contributed by atoms with Gasteiger partial charge in [0.2, 0.25) is 5.91 Å². The summed E-state index contributed by atoms with van der Waals surface area (Å²) in [7, 11) is 1.50. The Morgan fingerprint density at radius 1 is 1.23 bits per heavy atom. The molecule has 0 aromatic heterocycles. The number of halogens is 2. The molecule has 0 spiro atoms. The lowest BCUT2D eigenvalue weighted by atomic mass is 9.75. The quantitative estimate of drug-likeness (QED) is 0.395. The summed E-state index contributed by atoms with van der Waals surface area (Å²) in [5, 5.41) is 2.79. The van der Waals surface area contributed by atoms with E-state index in [4.69, 9.17) is 4.74 Å². The van der Waals surface area contributed by atoms with Gasteiger partial charge in [0.1, 0.15) is 0 Å². The zero-order chi connectivity index (χ0) is 22.2. The van der Waals surface area contributed by atoms with Gasteiger partial charge in [-0.1, -0.05) is 51.7 Å². The smallest absolute Gasteiger partial charge is 0.313 e. The van der Waals surface area contributed by atoms with Crippen LogP contribution in [0.4, 0.5) is 14.5 Å². The average molecular weight is 443 g/mol. The predicted octanol–water partition coefficient (Wildman–Crippen LogP) is 4.84. The van der Waals surface area contributed by atoms with Gasteiger partial charge >= 0.3 is 5.97 Å². The monoisotopic (exact) mass is 443 g/mol. The SMILES string of the molecule is C=C1CC2COC(=O)C2(Cc2ccc(NC(=O)Cc3cccc(C(F)(F)P)c3)cc2)C1. The topological polar surface area (TPSA) is 55.4 Å². The number of hydrogen-bond acceptors (Lipinski definition) is 3. The molecule has 2 aromatic rings. The Balaban J connectivity index is 1.39.